The summed E-state index contributed by atoms with van der Waals surface area (Å²) in [5.41, 5.74) is 44.1. The highest BCUT2D eigenvalue weighted by Gasteiger charge is 2.40. The van der Waals surface area contributed by atoms with Crippen molar-refractivity contribution in [3.63, 3.8) is 0 Å². The van der Waals surface area contributed by atoms with E-state index in [1.165, 1.54) is 0 Å². The minimum Gasteiger partial charge on any atom is -0.480 e. The molecule has 0 spiro atoms. The summed E-state index contributed by atoms with van der Waals surface area (Å²) >= 11 is 0. The van der Waals surface area contributed by atoms with Gasteiger partial charge in [-0.1, -0.05) is 147 Å². The maximum atomic E-state index is 15.2. The number of hydrogen-bond donors (Lipinski definition) is 24. The first-order chi connectivity index (χ1) is 69.2. The second-order valence-electron chi connectivity index (χ2n) is 42.3. The third kappa shape index (κ3) is 50.7. The second kappa shape index (κ2) is 70.9. The van der Waals surface area contributed by atoms with Crippen molar-refractivity contribution >= 4 is 122 Å². The van der Waals surface area contributed by atoms with Gasteiger partial charge in [0.05, 0.1) is 22.8 Å². The van der Waals surface area contributed by atoms with E-state index in [-0.39, 0.29) is 163 Å². The molecule has 1 heterocycles. The number of hydrogen-bond acceptors (Lipinski definition) is 25. The van der Waals surface area contributed by atoms with Crippen molar-refractivity contribution in [3.8, 4) is 0 Å². The number of carboxylic acids is 1. The van der Waals surface area contributed by atoms with Crippen molar-refractivity contribution < 1.29 is 81.8 Å². The molecule has 0 fully saturated rings. The molecular weight excluding hydrogens is 1870 g/mol. The monoisotopic (exact) mass is 2050 g/mol. The highest BCUT2D eigenvalue weighted by Crippen LogP contribution is 2.31. The number of amides is 15. The van der Waals surface area contributed by atoms with Crippen LogP contribution in [-0.2, 0) is 76.7 Å². The summed E-state index contributed by atoms with van der Waals surface area (Å²) in [4.78, 5) is 237. The summed E-state index contributed by atoms with van der Waals surface area (Å²) in [6.45, 7) is 30.8. The molecule has 3 aromatic rings. The fourth-order valence-corrected chi connectivity index (χ4v) is 17.2. The lowest BCUT2D eigenvalue weighted by Crippen LogP contribution is -2.61. The van der Waals surface area contributed by atoms with E-state index in [9.17, 15) is 48.3 Å². The SMILES string of the molecule is CC(C)C[C@H](NC(=O)[C@H](CCCCNc1c2ccccc2nc2ccccc12)NC(=O)[C@H](CC(C)C)NC(=O)[C@H](CC(C)C)NC(=O)[C@H](CCCCN)NC(=O)[C@H](CCCCN)NC(=O)[C@H](CC(C)C)NC(=O)[C@H](CC(C)C)NC(=O)[C@H](CCCCN)NC(=O)[C@H](CC(C)C)NC(=O)[C@H](CC(C)C)NC(=O)[C@H](CCCCN)NC(=O)[C@H](CCCCN)NC(=O)[C@@H](N)CC(C)C)C(=O)N[C@@H](CCCCN)C(=O)NCC(=O)O. The van der Waals surface area contributed by atoms with E-state index in [1.54, 1.807) is 0 Å². The fourth-order valence-electron chi connectivity index (χ4n) is 17.2. The summed E-state index contributed by atoms with van der Waals surface area (Å²) in [7, 11) is 0. The normalized spacial score (nSPS) is 14.7. The highest BCUT2D eigenvalue weighted by molar-refractivity contribution is 6.08. The van der Waals surface area contributed by atoms with Crippen molar-refractivity contribution in [2.24, 2.45) is 87.5 Å². The molecule has 146 heavy (non-hydrogen) atoms. The van der Waals surface area contributed by atoms with Crippen LogP contribution in [0.2, 0.25) is 0 Å². The van der Waals surface area contributed by atoms with Gasteiger partial charge in [-0.2, -0.15) is 0 Å². The van der Waals surface area contributed by atoms with E-state index < -0.39 is 192 Å². The van der Waals surface area contributed by atoms with Crippen LogP contribution in [0.25, 0.3) is 21.8 Å². The third-order valence-electron chi connectivity index (χ3n) is 24.8. The zero-order valence-electron chi connectivity index (χ0n) is 90.0. The van der Waals surface area contributed by atoms with Gasteiger partial charge in [-0.25, -0.2) is 4.98 Å². The van der Waals surface area contributed by atoms with Crippen LogP contribution in [0.5, 0.6) is 0 Å². The van der Waals surface area contributed by atoms with Gasteiger partial charge in [-0.15, -0.1) is 0 Å². The molecule has 0 saturated heterocycles. The smallest absolute Gasteiger partial charge is 0.322 e. The van der Waals surface area contributed by atoms with Crippen LogP contribution in [0, 0.1) is 47.3 Å². The molecule has 3 rings (SSSR count). The highest BCUT2D eigenvalue weighted by atomic mass is 16.4. The molecule has 31 N–H and O–H groups in total. The van der Waals surface area contributed by atoms with Crippen molar-refractivity contribution in [3.05, 3.63) is 48.5 Å². The Labute approximate surface area is 865 Å². The van der Waals surface area contributed by atoms with Gasteiger partial charge in [0.15, 0.2) is 0 Å². The van der Waals surface area contributed by atoms with E-state index in [1.807, 2.05) is 159 Å². The first-order valence-corrected chi connectivity index (χ1v) is 53.4. The molecule has 0 unspecified atom stereocenters. The average molecular weight is 2050 g/mol. The average Bonchev–Trinajstić information content (AvgIpc) is 0.775. The molecule has 0 bridgehead atoms. The lowest BCUT2D eigenvalue weighted by Gasteiger charge is -2.30. The van der Waals surface area contributed by atoms with Gasteiger partial charge >= 0.3 is 5.97 Å². The van der Waals surface area contributed by atoms with Gasteiger partial charge in [-0.05, 0) is 285 Å². The van der Waals surface area contributed by atoms with Crippen molar-refractivity contribution in [1.82, 2.24) is 84.7 Å². The summed E-state index contributed by atoms with van der Waals surface area (Å²) in [5, 5.41) is 56.9. The predicted octanol–water partition coefficient (Wildman–Crippen LogP) is 4.43. The Morgan fingerprint density at radius 3 is 0.637 bits per heavy atom. The summed E-state index contributed by atoms with van der Waals surface area (Å²) < 4.78 is 0. The molecule has 41 heteroatoms. The zero-order valence-corrected chi connectivity index (χ0v) is 90.0. The molecule has 15 amide bonds. The zero-order chi connectivity index (χ0) is 109. The van der Waals surface area contributed by atoms with E-state index in [0.29, 0.717) is 116 Å². The minimum absolute atomic E-state index is 0.00316. The number of carbonyl (C=O) groups excluding carboxylic acids is 15. The number of fused-ring (bicyclic) bond motifs is 2. The van der Waals surface area contributed by atoms with Crippen molar-refractivity contribution in [2.75, 3.05) is 57.7 Å². The number of pyridine rings is 1. The number of carboxylic acid groups (broad SMARTS) is 1. The molecule has 1 aromatic heterocycles. The summed E-state index contributed by atoms with van der Waals surface area (Å²) in [6, 6.07) is -3.37. The standard InChI is InChI=1S/C105H184N24O17/c1-62(2)53-72(112)91(132)116-76(40-22-29-47-107)93(134)118-78(42-24-31-49-109)95(136)124-86(58-67(11)12)103(144)128-84(56-65(7)8)101(142)121-80(44-26-33-51-111)97(138)126-88(60-69(15)16)105(146)127-83(55-64(5)6)100(141)120-77(41-23-30-48-108)94(135)119-79(43-25-32-50-110)96(137)125-87(59-68(13)14)104(145)129-85(57-66(9)10)102(143)122-81(45-27-34-52-113-90-70-35-17-19-37-73(70)115-74-38-20-18-36-71(74)90)98(139)123-82(54-63(3)4)99(140)117-75(39-21-28-46-106)92(133)114-61-89(130)131/h17-20,35-38,62-69,72,75-88H,21-34,39-61,106-112H2,1-16H3,(H,113,115)(H,114,133)(H,116,132)(H,117,140)(H,118,134)(H,119,135)(H,120,141)(H,121,142)(H,122,143)(H,123,139)(H,124,136)(H,125,137)(H,126,138)(H,127,146)(H,128,144)(H,129,145)(H,130,131)/t72-,75-,76-,77-,78-,79-,80-,81-,82-,83-,84-,85-,86-,87-,88-/m0/s1. The number of nitrogens with two attached hydrogens (primary N) is 7. The molecule has 0 radical (unpaired) electrons. The number of aliphatic carboxylic acids is 1. The first-order valence-electron chi connectivity index (χ1n) is 53.4. The molecular formula is C105H184N24O17. The number of para-hydroxylation sites is 2. The molecule has 0 aliphatic heterocycles. The maximum Gasteiger partial charge on any atom is 0.322 e. The third-order valence-corrected chi connectivity index (χ3v) is 24.8. The predicted molar refractivity (Wildman–Crippen MR) is 570 cm³/mol. The van der Waals surface area contributed by atoms with E-state index in [4.69, 9.17) is 45.1 Å². The van der Waals surface area contributed by atoms with Crippen LogP contribution in [0.4, 0.5) is 5.69 Å². The Kier molecular flexibility index (Phi) is 62.8. The summed E-state index contributed by atoms with van der Waals surface area (Å²) in [5.74, 6) is -13.9. The largest absolute Gasteiger partial charge is 0.480 e. The topological polar surface area (TPSA) is 681 Å². The first kappa shape index (κ1) is 129. The van der Waals surface area contributed by atoms with Gasteiger partial charge in [0.1, 0.15) is 91.1 Å². The molecule has 2 aromatic carbocycles. The number of carbonyl (C=O) groups is 16. The van der Waals surface area contributed by atoms with E-state index in [2.05, 4.69) is 85.1 Å². The van der Waals surface area contributed by atoms with Crippen LogP contribution < -0.4 is 125 Å². The number of rotatable bonds is 77. The van der Waals surface area contributed by atoms with Gasteiger partial charge < -0.3 is 130 Å². The molecule has 41 nitrogen and oxygen atoms in total. The van der Waals surface area contributed by atoms with E-state index in [0.717, 1.165) is 27.5 Å². The number of anilines is 1. The molecule has 15 atom stereocenters. The fraction of sp³-hybridized carbons (Fsp3) is 0.724. The van der Waals surface area contributed by atoms with Crippen LogP contribution >= 0.6 is 0 Å². The molecule has 0 aliphatic carbocycles. The van der Waals surface area contributed by atoms with Crippen LogP contribution in [-0.4, -0.2) is 248 Å². The summed E-state index contributed by atoms with van der Waals surface area (Å²) in [6.07, 6.45) is 7.08. The lowest BCUT2D eigenvalue weighted by molar-refractivity contribution is -0.138. The Bertz CT molecular complexity index is 4470. The Morgan fingerprint density at radius 1 is 0.247 bits per heavy atom. The number of nitrogens with zero attached hydrogens (tertiary/aromatic N) is 1. The van der Waals surface area contributed by atoms with Crippen LogP contribution in [0.1, 0.15) is 297 Å². The van der Waals surface area contributed by atoms with Gasteiger partial charge in [-0.3, -0.25) is 76.7 Å². The Hall–Kier alpha value is -10.8. The second-order valence-corrected chi connectivity index (χ2v) is 42.3. The Morgan fingerprint density at radius 2 is 0.432 bits per heavy atom. The Balaban J connectivity index is 2.04. The molecule has 0 aliphatic rings. The number of benzene rings is 2. The van der Waals surface area contributed by atoms with Crippen molar-refractivity contribution in [2.45, 2.75) is 388 Å². The van der Waals surface area contributed by atoms with Crippen molar-refractivity contribution in [1.29, 1.82) is 0 Å². The van der Waals surface area contributed by atoms with Gasteiger partial charge in [0.25, 0.3) is 0 Å². The quantitative estimate of drug-likeness (QED) is 0.0274. The minimum atomic E-state index is -1.35. The van der Waals surface area contributed by atoms with Gasteiger partial charge in [0, 0.05) is 17.3 Å². The lowest BCUT2D eigenvalue weighted by atomic mass is 9.98. The van der Waals surface area contributed by atoms with Crippen LogP contribution in [0.15, 0.2) is 48.5 Å². The molecule has 0 saturated carbocycles. The number of aromatic nitrogens is 1. The number of nitrogens with one attached hydrogen (secondary N) is 16. The van der Waals surface area contributed by atoms with Gasteiger partial charge in [0.2, 0.25) is 88.6 Å². The maximum absolute atomic E-state index is 15.2. The number of unbranched alkanes of at least 4 members (excludes halogenated alkanes) is 7. The van der Waals surface area contributed by atoms with Crippen LogP contribution in [0.3, 0.4) is 0 Å². The molecule has 826 valence electrons. The van der Waals surface area contributed by atoms with E-state index >= 15 is 33.6 Å².